The predicted molar refractivity (Wildman–Crippen MR) is 220 cm³/mol. The summed E-state index contributed by atoms with van der Waals surface area (Å²) in [5.74, 6) is -0.608. The Labute approximate surface area is 347 Å². The van der Waals surface area contributed by atoms with Crippen molar-refractivity contribution < 1.29 is 28.7 Å². The summed E-state index contributed by atoms with van der Waals surface area (Å²) < 4.78 is 15.7. The molecule has 19 nitrogen and oxygen atoms in total. The van der Waals surface area contributed by atoms with Crippen LogP contribution in [0.5, 0.6) is 0 Å². The zero-order valence-electron chi connectivity index (χ0n) is 33.8. The van der Waals surface area contributed by atoms with Crippen LogP contribution < -0.4 is 36.4 Å². The molecule has 2 aromatic heterocycles. The van der Waals surface area contributed by atoms with Crippen LogP contribution in [0.1, 0.15) is 60.9 Å². The van der Waals surface area contributed by atoms with Gasteiger partial charge in [-0.15, -0.1) is 10.2 Å². The van der Waals surface area contributed by atoms with E-state index in [1.54, 1.807) is 36.3 Å². The van der Waals surface area contributed by atoms with E-state index in [0.717, 1.165) is 64.1 Å². The number of urea groups is 1. The predicted octanol–water partition coefficient (Wildman–Crippen LogP) is 1.01. The lowest BCUT2D eigenvalue weighted by Crippen LogP contribution is -2.52. The molecule has 5 fully saturated rings. The van der Waals surface area contributed by atoms with Crippen molar-refractivity contribution >= 4 is 52.6 Å². The quantitative estimate of drug-likeness (QED) is 0.135. The maximum absolute atomic E-state index is 15.7. The number of halogens is 1. The van der Waals surface area contributed by atoms with Crippen molar-refractivity contribution in [3.63, 3.8) is 0 Å². The van der Waals surface area contributed by atoms with Crippen LogP contribution in [0.25, 0.3) is 0 Å². The lowest BCUT2D eigenvalue weighted by Gasteiger charge is -2.40. The second-order valence-electron chi connectivity index (χ2n) is 16.3. The highest BCUT2D eigenvalue weighted by Gasteiger charge is 2.35. The highest BCUT2D eigenvalue weighted by molar-refractivity contribution is 6.03. The van der Waals surface area contributed by atoms with Crippen LogP contribution in [0.4, 0.5) is 38.0 Å². The van der Waals surface area contributed by atoms with Gasteiger partial charge in [-0.2, -0.15) is 4.98 Å². The van der Waals surface area contributed by atoms with Gasteiger partial charge in [0.2, 0.25) is 17.8 Å². The fourth-order valence-electron chi connectivity index (χ4n) is 8.81. The molecule has 5 amide bonds. The second-order valence-corrected chi connectivity index (χ2v) is 16.3. The summed E-state index contributed by atoms with van der Waals surface area (Å²) in [6.07, 6.45) is 4.46. The van der Waals surface area contributed by atoms with E-state index >= 15 is 4.39 Å². The third-order valence-electron chi connectivity index (χ3n) is 12.3. The molecule has 20 heteroatoms. The van der Waals surface area contributed by atoms with Gasteiger partial charge in [-0.1, -0.05) is 0 Å². The number of rotatable bonds is 11. The van der Waals surface area contributed by atoms with E-state index in [9.17, 15) is 24.3 Å². The lowest BCUT2D eigenvalue weighted by molar-refractivity contribution is -0.134. The van der Waals surface area contributed by atoms with Crippen molar-refractivity contribution in [2.24, 2.45) is 11.7 Å². The minimum Gasteiger partial charge on any atom is -0.373 e. The van der Waals surface area contributed by atoms with Crippen LogP contribution in [0.3, 0.4) is 0 Å². The van der Waals surface area contributed by atoms with Gasteiger partial charge in [0.25, 0.3) is 5.91 Å². The molecule has 0 aliphatic carbocycles. The number of pyridine rings is 1. The maximum Gasteiger partial charge on any atom is 0.320 e. The minimum absolute atomic E-state index is 0.0199. The SMILES string of the molecule is CN1CCN([C@@H]2CCCN(c3nnc(C(N)O)c(Nc4ccc(N5CCN(CC6CCN(c7ccc(C(=O)N[C@H]8CCC(=O)NC8=O)nc7)CC6)CC5)c(F)c4)n3)C2)C1=O. The zero-order valence-corrected chi connectivity index (χ0v) is 33.8. The molecule has 3 atom stereocenters. The van der Waals surface area contributed by atoms with Gasteiger partial charge in [0.15, 0.2) is 12.0 Å². The van der Waals surface area contributed by atoms with Crippen LogP contribution in [0.15, 0.2) is 36.5 Å². The molecular formula is C40H53FN14O5. The van der Waals surface area contributed by atoms with Crippen molar-refractivity contribution in [2.45, 2.75) is 56.8 Å². The van der Waals surface area contributed by atoms with Gasteiger partial charge >= 0.3 is 6.03 Å². The first-order valence-corrected chi connectivity index (χ1v) is 20.8. The number of anilines is 5. The molecule has 320 valence electrons. The van der Waals surface area contributed by atoms with E-state index in [2.05, 4.69) is 50.8 Å². The molecule has 6 N–H and O–H groups in total. The van der Waals surface area contributed by atoms with Crippen LogP contribution in [-0.4, -0.2) is 155 Å². The standard InChI is InChI=1S/C40H53FN14O5/c1-50-15-20-55(40(50)60)28-3-2-12-54(24-28)39-47-36(34(35(42)57)48-49-39)44-26-4-8-32(29(41)21-26)53-18-16-51(17-19-53)23-25-10-13-52(14-11-25)27-5-6-30(43-22-27)37(58)45-31-7-9-33(56)46-38(31)59/h4-6,8,21-22,25,28,31,35,57H,2-3,7,9-20,23-24,42H2,1H3,(H,45,58)(H,44,47,49)(H,46,56,59)/t28-,31+,35?/m1/s1. The first-order chi connectivity index (χ1) is 29.0. The molecular weight excluding hydrogens is 776 g/mol. The molecule has 5 saturated heterocycles. The zero-order chi connectivity index (χ0) is 41.9. The van der Waals surface area contributed by atoms with E-state index in [4.69, 9.17) is 5.73 Å². The highest BCUT2D eigenvalue weighted by atomic mass is 19.1. The van der Waals surface area contributed by atoms with Crippen LogP contribution in [-0.2, 0) is 9.59 Å². The van der Waals surface area contributed by atoms with Gasteiger partial charge in [0.1, 0.15) is 23.2 Å². The fraction of sp³-hybridized carbons (Fsp3) is 0.550. The van der Waals surface area contributed by atoms with Gasteiger partial charge in [0, 0.05) is 91.1 Å². The van der Waals surface area contributed by atoms with E-state index in [-0.39, 0.29) is 53.8 Å². The highest BCUT2D eigenvalue weighted by Crippen LogP contribution is 2.30. The van der Waals surface area contributed by atoms with Crippen LogP contribution >= 0.6 is 0 Å². The first kappa shape index (κ1) is 41.0. The Morgan fingerprint density at radius 3 is 2.43 bits per heavy atom. The normalized spacial score (nSPS) is 22.6. The largest absolute Gasteiger partial charge is 0.373 e. The summed E-state index contributed by atoms with van der Waals surface area (Å²) >= 11 is 0. The molecule has 3 aromatic rings. The molecule has 8 rings (SSSR count). The maximum atomic E-state index is 15.7. The number of hydrogen-bond acceptors (Lipinski definition) is 15. The van der Waals surface area contributed by atoms with Gasteiger partial charge in [-0.25, -0.2) is 14.2 Å². The number of carbonyl (C=O) groups excluding carboxylic acids is 4. The monoisotopic (exact) mass is 828 g/mol. The number of imide groups is 1. The van der Waals surface area contributed by atoms with E-state index in [1.165, 1.54) is 6.07 Å². The number of nitrogens with two attached hydrogens (primary N) is 1. The first-order valence-electron chi connectivity index (χ1n) is 20.8. The number of piperazine rings is 1. The summed E-state index contributed by atoms with van der Waals surface area (Å²) in [4.78, 5) is 70.1. The molecule has 5 aliphatic rings. The number of hydrogen-bond donors (Lipinski definition) is 5. The Balaban J connectivity index is 0.805. The van der Waals surface area contributed by atoms with E-state index in [1.807, 2.05) is 15.9 Å². The molecule has 0 spiro atoms. The van der Waals surface area contributed by atoms with Crippen molar-refractivity contribution in [1.82, 2.24) is 45.5 Å². The molecule has 0 radical (unpaired) electrons. The molecule has 7 heterocycles. The Morgan fingerprint density at radius 2 is 1.75 bits per heavy atom. The van der Waals surface area contributed by atoms with Crippen molar-refractivity contribution in [3.8, 4) is 0 Å². The Hall–Kier alpha value is -5.73. The van der Waals surface area contributed by atoms with Gasteiger partial charge in [0.05, 0.1) is 23.6 Å². The summed E-state index contributed by atoms with van der Waals surface area (Å²) in [6, 6.07) is 7.77. The average molecular weight is 829 g/mol. The Kier molecular flexibility index (Phi) is 12.2. The van der Waals surface area contributed by atoms with Crippen LogP contribution in [0, 0.1) is 11.7 Å². The second kappa shape index (κ2) is 17.9. The molecule has 5 aliphatic heterocycles. The van der Waals surface area contributed by atoms with E-state index < -0.39 is 24.1 Å². The number of benzene rings is 1. The Bertz CT molecular complexity index is 2060. The third-order valence-corrected chi connectivity index (χ3v) is 12.3. The summed E-state index contributed by atoms with van der Waals surface area (Å²) in [5.41, 5.74) is 7.96. The number of nitrogens with one attached hydrogen (secondary N) is 3. The number of nitrogens with zero attached hydrogens (tertiary/aromatic N) is 10. The number of aliphatic hydroxyl groups excluding tert-OH is 1. The number of piperidine rings is 3. The molecule has 1 aromatic carbocycles. The summed E-state index contributed by atoms with van der Waals surface area (Å²) in [6.45, 7) is 8.34. The fourth-order valence-corrected chi connectivity index (χ4v) is 8.81. The number of likely N-dealkylation sites (N-methyl/N-ethyl adjacent to an activating group) is 1. The van der Waals surface area contributed by atoms with Gasteiger partial charge < -0.3 is 46.0 Å². The van der Waals surface area contributed by atoms with Gasteiger partial charge in [-0.05, 0) is 68.4 Å². The number of aromatic nitrogens is 4. The smallest absolute Gasteiger partial charge is 0.320 e. The van der Waals surface area contributed by atoms with Crippen molar-refractivity contribution in [2.75, 3.05) is 99.1 Å². The average Bonchev–Trinajstić information content (AvgIpc) is 3.59. The van der Waals surface area contributed by atoms with E-state index in [0.29, 0.717) is 62.5 Å². The van der Waals surface area contributed by atoms with Gasteiger partial charge in [-0.3, -0.25) is 24.6 Å². The summed E-state index contributed by atoms with van der Waals surface area (Å²) in [5, 5.41) is 26.7. The number of amides is 5. The number of carbonyl (C=O) groups is 4. The van der Waals surface area contributed by atoms with Crippen molar-refractivity contribution in [3.05, 3.63) is 53.7 Å². The minimum atomic E-state index is -1.45. The molecule has 0 saturated carbocycles. The summed E-state index contributed by atoms with van der Waals surface area (Å²) in [7, 11) is 1.80. The van der Waals surface area contributed by atoms with Crippen LogP contribution in [0.2, 0.25) is 0 Å². The molecule has 0 bridgehead atoms. The molecule has 1 unspecified atom stereocenters. The molecule has 60 heavy (non-hydrogen) atoms. The Morgan fingerprint density at radius 1 is 0.950 bits per heavy atom. The topological polar surface area (TPSA) is 222 Å². The third kappa shape index (κ3) is 9.19. The lowest BCUT2D eigenvalue weighted by atomic mass is 9.95. The number of aliphatic hydroxyl groups is 1. The van der Waals surface area contributed by atoms with Crippen molar-refractivity contribution in [1.29, 1.82) is 0 Å².